The Bertz CT molecular complexity index is 1200. The van der Waals surface area contributed by atoms with Crippen molar-refractivity contribution in [3.8, 4) is 23.0 Å². The molecule has 7 heteroatoms. The van der Waals surface area contributed by atoms with Crippen LogP contribution >= 0.6 is 0 Å². The van der Waals surface area contributed by atoms with Gasteiger partial charge in [0.25, 0.3) is 11.1 Å². The second-order valence-electron chi connectivity index (χ2n) is 6.48. The fourth-order valence-electron chi connectivity index (χ4n) is 3.42. The largest absolute Gasteiger partial charge is 0.449 e. The van der Waals surface area contributed by atoms with Crippen molar-refractivity contribution >= 4 is 6.09 Å². The molecule has 4 rings (SSSR count). The number of hydrogen-bond donors (Lipinski definition) is 3. The molecular formula is C22H17N3O4. The van der Waals surface area contributed by atoms with Gasteiger partial charge in [-0.3, -0.25) is 19.8 Å². The van der Waals surface area contributed by atoms with Gasteiger partial charge in [-0.15, -0.1) is 0 Å². The van der Waals surface area contributed by atoms with Gasteiger partial charge < -0.3 is 10.1 Å². The molecule has 1 aromatic heterocycles. The van der Waals surface area contributed by atoms with Gasteiger partial charge in [0.15, 0.2) is 0 Å². The zero-order valence-electron chi connectivity index (χ0n) is 15.3. The topological polar surface area (TPSA) is 104 Å². The Morgan fingerprint density at radius 3 is 2.34 bits per heavy atom. The summed E-state index contributed by atoms with van der Waals surface area (Å²) in [4.78, 5) is 34.7. The van der Waals surface area contributed by atoms with Crippen LogP contribution in [-0.2, 0) is 4.74 Å². The molecule has 3 aromatic rings. The quantitative estimate of drug-likeness (QED) is 0.598. The van der Waals surface area contributed by atoms with Crippen molar-refractivity contribution in [1.82, 2.24) is 15.5 Å². The van der Waals surface area contributed by atoms with Crippen LogP contribution in [0.15, 0.2) is 64.2 Å². The molecule has 3 N–H and O–H groups in total. The van der Waals surface area contributed by atoms with E-state index >= 15 is 0 Å². The third kappa shape index (κ3) is 3.82. The van der Waals surface area contributed by atoms with Crippen molar-refractivity contribution in [2.75, 3.05) is 13.2 Å². The lowest BCUT2D eigenvalue weighted by atomic mass is 9.98. The Morgan fingerprint density at radius 2 is 1.66 bits per heavy atom. The van der Waals surface area contributed by atoms with Gasteiger partial charge in [-0.1, -0.05) is 60.4 Å². The van der Waals surface area contributed by atoms with Crippen LogP contribution in [-0.4, -0.2) is 29.4 Å². The Balaban J connectivity index is 1.37. The van der Waals surface area contributed by atoms with Crippen LogP contribution < -0.4 is 16.4 Å². The van der Waals surface area contributed by atoms with Crippen LogP contribution in [0.1, 0.15) is 22.6 Å². The molecule has 0 bridgehead atoms. The molecule has 7 nitrogen and oxygen atoms in total. The number of nitrogens with one attached hydrogen (secondary N) is 3. The van der Waals surface area contributed by atoms with Crippen molar-refractivity contribution in [3.05, 3.63) is 92.0 Å². The number of carbonyl (C=O) groups is 1. The van der Waals surface area contributed by atoms with E-state index in [-0.39, 0.29) is 24.6 Å². The predicted molar refractivity (Wildman–Crippen MR) is 108 cm³/mol. The van der Waals surface area contributed by atoms with Crippen LogP contribution in [0.25, 0.3) is 11.1 Å². The summed E-state index contributed by atoms with van der Waals surface area (Å²) >= 11 is 0. The molecule has 1 amide bonds. The van der Waals surface area contributed by atoms with Gasteiger partial charge in [-0.25, -0.2) is 4.79 Å². The molecule has 0 radical (unpaired) electrons. The zero-order chi connectivity index (χ0) is 20.2. The van der Waals surface area contributed by atoms with Crippen LogP contribution in [0, 0.1) is 11.8 Å². The number of fused-ring (bicyclic) bond motifs is 3. The third-order valence-corrected chi connectivity index (χ3v) is 4.71. The number of ether oxygens (including phenoxy) is 1. The number of rotatable bonds is 3. The SMILES string of the molecule is O=C(NCC#Cc1cc(=O)[nH][nH]c1=O)OCC1c2ccccc2-c2ccccc21. The van der Waals surface area contributed by atoms with Crippen molar-refractivity contribution in [1.29, 1.82) is 0 Å². The maximum Gasteiger partial charge on any atom is 0.407 e. The number of aromatic amines is 2. The average molecular weight is 387 g/mol. The van der Waals surface area contributed by atoms with E-state index in [0.29, 0.717) is 0 Å². The maximum absolute atomic E-state index is 12.0. The highest BCUT2D eigenvalue weighted by molar-refractivity contribution is 5.79. The lowest BCUT2D eigenvalue weighted by molar-refractivity contribution is 0.144. The highest BCUT2D eigenvalue weighted by Crippen LogP contribution is 2.44. The monoisotopic (exact) mass is 387 g/mol. The Hall–Kier alpha value is -4.05. The van der Waals surface area contributed by atoms with Crippen LogP contribution in [0.5, 0.6) is 0 Å². The second kappa shape index (κ2) is 7.90. The Morgan fingerprint density at radius 1 is 1.00 bits per heavy atom. The van der Waals surface area contributed by atoms with E-state index in [1.165, 1.54) is 0 Å². The Labute approximate surface area is 165 Å². The van der Waals surface area contributed by atoms with E-state index < -0.39 is 17.2 Å². The minimum atomic E-state index is -0.596. The fraction of sp³-hybridized carbons (Fsp3) is 0.136. The number of carbonyl (C=O) groups excluding carboxylic acids is 1. The molecule has 1 aliphatic rings. The van der Waals surface area contributed by atoms with Gasteiger partial charge in [0, 0.05) is 12.0 Å². The molecule has 0 unspecified atom stereocenters. The number of amides is 1. The summed E-state index contributed by atoms with van der Waals surface area (Å²) in [5.41, 5.74) is 3.65. The highest BCUT2D eigenvalue weighted by atomic mass is 16.5. The molecule has 2 aromatic carbocycles. The molecular weight excluding hydrogens is 370 g/mol. The number of H-pyrrole nitrogens is 2. The molecule has 0 aliphatic heterocycles. The summed E-state index contributed by atoms with van der Waals surface area (Å²) in [5, 5.41) is 6.86. The molecule has 0 saturated carbocycles. The van der Waals surface area contributed by atoms with E-state index in [2.05, 4.69) is 39.5 Å². The van der Waals surface area contributed by atoms with Crippen LogP contribution in [0.3, 0.4) is 0 Å². The van der Waals surface area contributed by atoms with Crippen LogP contribution in [0.4, 0.5) is 4.79 Å². The average Bonchev–Trinajstić information content (AvgIpc) is 3.06. The van der Waals surface area contributed by atoms with Gasteiger partial charge in [-0.05, 0) is 22.3 Å². The summed E-state index contributed by atoms with van der Waals surface area (Å²) in [6.45, 7) is 0.198. The zero-order valence-corrected chi connectivity index (χ0v) is 15.3. The lowest BCUT2D eigenvalue weighted by Gasteiger charge is -2.14. The Kier molecular flexibility index (Phi) is 4.99. The van der Waals surface area contributed by atoms with E-state index in [9.17, 15) is 14.4 Å². The number of alkyl carbamates (subject to hydrolysis) is 1. The second-order valence-corrected chi connectivity index (χ2v) is 6.48. The fourth-order valence-corrected chi connectivity index (χ4v) is 3.42. The number of aromatic nitrogens is 2. The molecule has 0 spiro atoms. The smallest absolute Gasteiger partial charge is 0.407 e. The highest BCUT2D eigenvalue weighted by Gasteiger charge is 2.28. The lowest BCUT2D eigenvalue weighted by Crippen LogP contribution is -2.26. The van der Waals surface area contributed by atoms with Gasteiger partial charge in [0.2, 0.25) is 0 Å². The maximum atomic E-state index is 12.0. The molecule has 1 aliphatic carbocycles. The minimum Gasteiger partial charge on any atom is -0.449 e. The van der Waals surface area contributed by atoms with Crippen molar-refractivity contribution in [2.45, 2.75) is 5.92 Å². The molecule has 0 fully saturated rings. The van der Waals surface area contributed by atoms with Crippen molar-refractivity contribution in [3.63, 3.8) is 0 Å². The first kappa shape index (κ1) is 18.3. The first-order valence-electron chi connectivity index (χ1n) is 9.03. The van der Waals surface area contributed by atoms with E-state index in [1.54, 1.807) is 0 Å². The van der Waals surface area contributed by atoms with Crippen LogP contribution in [0.2, 0.25) is 0 Å². The standard InChI is InChI=1S/C22H17N3O4/c26-20-12-14(21(27)25-24-20)6-5-11-23-22(28)29-13-19-17-9-3-1-7-15(17)16-8-2-4-10-18(16)19/h1-4,7-10,12,19H,11,13H2,(H,23,28)(H,24,26)(H,25,27). The van der Waals surface area contributed by atoms with E-state index in [0.717, 1.165) is 28.3 Å². The molecule has 0 atom stereocenters. The number of hydrogen-bond acceptors (Lipinski definition) is 4. The summed E-state index contributed by atoms with van der Waals surface area (Å²) in [6, 6.07) is 17.3. The van der Waals surface area contributed by atoms with E-state index in [4.69, 9.17) is 4.74 Å². The van der Waals surface area contributed by atoms with E-state index in [1.807, 2.05) is 36.4 Å². The first-order valence-corrected chi connectivity index (χ1v) is 9.03. The summed E-state index contributed by atoms with van der Waals surface area (Å²) in [7, 11) is 0. The molecule has 0 saturated heterocycles. The van der Waals surface area contributed by atoms with Gasteiger partial charge in [0.1, 0.15) is 6.61 Å². The van der Waals surface area contributed by atoms with Gasteiger partial charge >= 0.3 is 6.09 Å². The van der Waals surface area contributed by atoms with Gasteiger partial charge in [0.05, 0.1) is 12.1 Å². The molecule has 144 valence electrons. The summed E-state index contributed by atoms with van der Waals surface area (Å²) < 4.78 is 5.39. The molecule has 29 heavy (non-hydrogen) atoms. The minimum absolute atomic E-state index is 0.0110. The first-order chi connectivity index (χ1) is 14.1. The summed E-state index contributed by atoms with van der Waals surface area (Å²) in [5.74, 6) is 5.15. The van der Waals surface area contributed by atoms with Gasteiger partial charge in [-0.2, -0.15) is 0 Å². The van der Waals surface area contributed by atoms with Crippen molar-refractivity contribution < 1.29 is 9.53 Å². The third-order valence-electron chi connectivity index (χ3n) is 4.71. The summed E-state index contributed by atoms with van der Waals surface area (Å²) in [6.07, 6.45) is -0.596. The number of benzene rings is 2. The predicted octanol–water partition coefficient (Wildman–Crippen LogP) is 1.95. The van der Waals surface area contributed by atoms with Crippen molar-refractivity contribution in [2.24, 2.45) is 0 Å². The molecule has 1 heterocycles. The normalized spacial score (nSPS) is 11.7.